The summed E-state index contributed by atoms with van der Waals surface area (Å²) in [6, 6.07) is 9.61. The third-order valence-electron chi connectivity index (χ3n) is 2.62. The number of benzene rings is 2. The number of hydrogen-bond donors (Lipinski definition) is 2. The Kier molecular flexibility index (Phi) is 3.60. The lowest BCUT2D eigenvalue weighted by Gasteiger charge is -2.06. The molecule has 102 valence electrons. The highest BCUT2D eigenvalue weighted by Crippen LogP contribution is 2.31. The molecule has 0 aromatic heterocycles. The zero-order valence-corrected chi connectivity index (χ0v) is 10.0. The van der Waals surface area contributed by atoms with Crippen molar-refractivity contribution in [2.45, 2.75) is 0 Å². The predicted octanol–water partition coefficient (Wildman–Crippen LogP) is 3.49. The fourth-order valence-electron chi connectivity index (χ4n) is 1.77. The lowest BCUT2D eigenvalue weighted by Crippen LogP contribution is -2.09. The van der Waals surface area contributed by atoms with Crippen LogP contribution in [0.4, 0.5) is 20.6 Å². The SMILES string of the molecule is O=C(O)Nc1ccc(-c2ccccc2F)cc1[N+](=O)[O-]. The van der Waals surface area contributed by atoms with Gasteiger partial charge in [0.05, 0.1) is 4.92 Å². The summed E-state index contributed by atoms with van der Waals surface area (Å²) in [5.74, 6) is -0.513. The molecular weight excluding hydrogens is 267 g/mol. The Labute approximate surface area is 112 Å². The Morgan fingerprint density at radius 1 is 1.25 bits per heavy atom. The maximum Gasteiger partial charge on any atom is 0.409 e. The minimum absolute atomic E-state index is 0.164. The number of carboxylic acid groups (broad SMARTS) is 1. The summed E-state index contributed by atoms with van der Waals surface area (Å²) < 4.78 is 13.6. The molecule has 0 saturated carbocycles. The van der Waals surface area contributed by atoms with Gasteiger partial charge >= 0.3 is 6.09 Å². The minimum Gasteiger partial charge on any atom is -0.465 e. The highest BCUT2D eigenvalue weighted by molar-refractivity contribution is 5.87. The van der Waals surface area contributed by atoms with E-state index in [1.165, 1.54) is 30.3 Å². The van der Waals surface area contributed by atoms with E-state index in [4.69, 9.17) is 5.11 Å². The molecule has 2 aromatic rings. The first-order chi connectivity index (χ1) is 9.49. The summed E-state index contributed by atoms with van der Waals surface area (Å²) in [7, 11) is 0. The molecule has 7 heteroatoms. The van der Waals surface area contributed by atoms with Crippen LogP contribution in [0.5, 0.6) is 0 Å². The number of nitro groups is 1. The first kappa shape index (κ1) is 13.5. The van der Waals surface area contributed by atoms with Crippen molar-refractivity contribution in [2.75, 3.05) is 5.32 Å². The summed E-state index contributed by atoms with van der Waals surface area (Å²) in [6.07, 6.45) is -1.41. The maximum atomic E-state index is 13.6. The molecule has 2 rings (SSSR count). The Balaban J connectivity index is 2.53. The smallest absolute Gasteiger partial charge is 0.409 e. The molecular formula is C13H9FN2O4. The second-order valence-corrected chi connectivity index (χ2v) is 3.90. The first-order valence-corrected chi connectivity index (χ1v) is 5.52. The standard InChI is InChI=1S/C13H9FN2O4/c14-10-4-2-1-3-9(10)8-5-6-11(15-13(17)18)12(7-8)16(19)20/h1-7,15H,(H,17,18). The fraction of sp³-hybridized carbons (Fsp3) is 0. The van der Waals surface area contributed by atoms with E-state index in [2.05, 4.69) is 0 Å². The topological polar surface area (TPSA) is 92.5 Å². The van der Waals surface area contributed by atoms with Crippen LogP contribution in [0, 0.1) is 15.9 Å². The Hall–Kier alpha value is -2.96. The number of nitro benzene ring substituents is 1. The average molecular weight is 276 g/mol. The van der Waals surface area contributed by atoms with Gasteiger partial charge < -0.3 is 5.11 Å². The van der Waals surface area contributed by atoms with E-state index in [1.54, 1.807) is 6.07 Å². The largest absolute Gasteiger partial charge is 0.465 e. The molecule has 2 N–H and O–H groups in total. The fourth-order valence-corrected chi connectivity index (χ4v) is 1.77. The van der Waals surface area contributed by atoms with Gasteiger partial charge in [0.15, 0.2) is 0 Å². The van der Waals surface area contributed by atoms with Crippen molar-refractivity contribution in [1.29, 1.82) is 0 Å². The summed E-state index contributed by atoms with van der Waals surface area (Å²) >= 11 is 0. The predicted molar refractivity (Wildman–Crippen MR) is 70.1 cm³/mol. The quantitative estimate of drug-likeness (QED) is 0.662. The zero-order chi connectivity index (χ0) is 14.7. The molecule has 0 bridgehead atoms. The van der Waals surface area contributed by atoms with Crippen LogP contribution in [-0.2, 0) is 0 Å². The first-order valence-electron chi connectivity index (χ1n) is 5.52. The van der Waals surface area contributed by atoms with Crippen LogP contribution in [-0.4, -0.2) is 16.1 Å². The number of rotatable bonds is 3. The molecule has 0 unspecified atom stereocenters. The van der Waals surface area contributed by atoms with Crippen molar-refractivity contribution >= 4 is 17.5 Å². The highest BCUT2D eigenvalue weighted by atomic mass is 19.1. The molecule has 0 saturated heterocycles. The molecule has 0 aliphatic rings. The van der Waals surface area contributed by atoms with E-state index in [0.717, 1.165) is 6.07 Å². The van der Waals surface area contributed by atoms with E-state index in [1.807, 2.05) is 5.32 Å². The third-order valence-corrected chi connectivity index (χ3v) is 2.62. The van der Waals surface area contributed by atoms with Gasteiger partial charge in [0.25, 0.3) is 5.69 Å². The van der Waals surface area contributed by atoms with Gasteiger partial charge in [-0.1, -0.05) is 24.3 Å². The molecule has 0 fully saturated rings. The zero-order valence-electron chi connectivity index (χ0n) is 10.0. The van der Waals surface area contributed by atoms with Gasteiger partial charge in [-0.25, -0.2) is 9.18 Å². The number of hydrogen-bond acceptors (Lipinski definition) is 3. The van der Waals surface area contributed by atoms with Crippen molar-refractivity contribution in [3.8, 4) is 11.1 Å². The van der Waals surface area contributed by atoms with Crippen LogP contribution < -0.4 is 5.32 Å². The molecule has 1 amide bonds. The normalized spacial score (nSPS) is 10.1. The van der Waals surface area contributed by atoms with Crippen LogP contribution in [0.1, 0.15) is 0 Å². The van der Waals surface area contributed by atoms with Gasteiger partial charge in [-0.2, -0.15) is 0 Å². The molecule has 0 spiro atoms. The number of nitrogens with zero attached hydrogens (tertiary/aromatic N) is 1. The number of halogens is 1. The molecule has 6 nitrogen and oxygen atoms in total. The average Bonchev–Trinajstić information content (AvgIpc) is 2.39. The van der Waals surface area contributed by atoms with Gasteiger partial charge in [-0.05, 0) is 17.7 Å². The van der Waals surface area contributed by atoms with Crippen molar-refractivity contribution in [1.82, 2.24) is 0 Å². The Bertz CT molecular complexity index is 688. The van der Waals surface area contributed by atoms with E-state index >= 15 is 0 Å². The number of amides is 1. The molecule has 0 heterocycles. The molecule has 0 aliphatic carbocycles. The van der Waals surface area contributed by atoms with Crippen LogP contribution >= 0.6 is 0 Å². The van der Waals surface area contributed by atoms with Crippen molar-refractivity contribution < 1.29 is 19.2 Å². The lowest BCUT2D eigenvalue weighted by molar-refractivity contribution is -0.383. The van der Waals surface area contributed by atoms with Crippen molar-refractivity contribution in [2.24, 2.45) is 0 Å². The molecule has 0 atom stereocenters. The monoisotopic (exact) mass is 276 g/mol. The summed E-state index contributed by atoms with van der Waals surface area (Å²) in [6.45, 7) is 0. The molecule has 20 heavy (non-hydrogen) atoms. The highest BCUT2D eigenvalue weighted by Gasteiger charge is 2.17. The maximum absolute atomic E-state index is 13.6. The molecule has 2 aromatic carbocycles. The number of carbonyl (C=O) groups is 1. The van der Waals surface area contributed by atoms with Gasteiger partial charge in [-0.3, -0.25) is 15.4 Å². The van der Waals surface area contributed by atoms with E-state index < -0.39 is 22.5 Å². The van der Waals surface area contributed by atoms with Gasteiger partial charge in [0, 0.05) is 11.6 Å². The summed E-state index contributed by atoms with van der Waals surface area (Å²) in [5.41, 5.74) is -0.0982. The summed E-state index contributed by atoms with van der Waals surface area (Å²) in [5, 5.41) is 21.5. The van der Waals surface area contributed by atoms with Crippen molar-refractivity contribution in [3.05, 3.63) is 58.4 Å². The van der Waals surface area contributed by atoms with Gasteiger partial charge in [0.1, 0.15) is 11.5 Å². The Morgan fingerprint density at radius 2 is 1.95 bits per heavy atom. The summed E-state index contributed by atoms with van der Waals surface area (Å²) in [4.78, 5) is 20.8. The molecule has 0 aliphatic heterocycles. The van der Waals surface area contributed by atoms with Crippen LogP contribution in [0.2, 0.25) is 0 Å². The third kappa shape index (κ3) is 2.72. The van der Waals surface area contributed by atoms with E-state index in [-0.39, 0.29) is 11.3 Å². The van der Waals surface area contributed by atoms with E-state index in [9.17, 15) is 19.3 Å². The van der Waals surface area contributed by atoms with Gasteiger partial charge in [-0.15, -0.1) is 0 Å². The lowest BCUT2D eigenvalue weighted by atomic mass is 10.0. The second-order valence-electron chi connectivity index (χ2n) is 3.90. The van der Waals surface area contributed by atoms with Crippen molar-refractivity contribution in [3.63, 3.8) is 0 Å². The Morgan fingerprint density at radius 3 is 2.55 bits per heavy atom. The minimum atomic E-state index is -1.41. The number of anilines is 1. The second kappa shape index (κ2) is 5.35. The van der Waals surface area contributed by atoms with E-state index in [0.29, 0.717) is 5.56 Å². The van der Waals surface area contributed by atoms with Crippen LogP contribution in [0.3, 0.4) is 0 Å². The van der Waals surface area contributed by atoms with Gasteiger partial charge in [0.2, 0.25) is 0 Å². The molecule has 0 radical (unpaired) electrons. The number of nitrogens with one attached hydrogen (secondary N) is 1. The van der Waals surface area contributed by atoms with Crippen LogP contribution in [0.25, 0.3) is 11.1 Å². The van der Waals surface area contributed by atoms with Crippen LogP contribution in [0.15, 0.2) is 42.5 Å².